The number of hydrogen-bond acceptors (Lipinski definition) is 2. The van der Waals surface area contributed by atoms with Gasteiger partial charge in [-0.1, -0.05) is 13.3 Å². The average molecular weight is 174 g/mol. The van der Waals surface area contributed by atoms with E-state index in [4.69, 9.17) is 11.1 Å². The van der Waals surface area contributed by atoms with E-state index >= 15 is 0 Å². The Kier molecular flexibility index (Phi) is 7.79. The molecule has 0 rings (SSSR count). The first-order valence-corrected chi connectivity index (χ1v) is 5.33. The van der Waals surface area contributed by atoms with Crippen molar-refractivity contribution in [3.05, 3.63) is 0 Å². The van der Waals surface area contributed by atoms with Gasteiger partial charge in [-0.3, -0.25) is 5.41 Å². The van der Waals surface area contributed by atoms with E-state index in [0.29, 0.717) is 5.84 Å². The van der Waals surface area contributed by atoms with Gasteiger partial charge in [-0.15, -0.1) is 0 Å². The van der Waals surface area contributed by atoms with Gasteiger partial charge in [0.2, 0.25) is 0 Å². The Labute approximate surface area is 73.4 Å². The number of hydrogen-bond donors (Lipinski definition) is 2. The second-order valence-electron chi connectivity index (χ2n) is 2.53. The lowest BCUT2D eigenvalue weighted by molar-refractivity contribution is 0.744. The van der Waals surface area contributed by atoms with Crippen LogP contribution in [0.25, 0.3) is 0 Å². The lowest BCUT2D eigenvalue weighted by Gasteiger charge is -1.98. The minimum atomic E-state index is 0.327. The third kappa shape index (κ3) is 9.82. The Bertz CT molecular complexity index is 104. The molecule has 3 N–H and O–H groups in total. The van der Waals surface area contributed by atoms with E-state index in [9.17, 15) is 0 Å². The molecule has 0 spiro atoms. The smallest absolute Gasteiger partial charge is 0.0905 e. The molecule has 0 aromatic rings. The molecule has 0 amide bonds. The van der Waals surface area contributed by atoms with Crippen LogP contribution in [0.3, 0.4) is 0 Å². The van der Waals surface area contributed by atoms with E-state index in [1.807, 2.05) is 11.8 Å². The minimum Gasteiger partial charge on any atom is -0.388 e. The summed E-state index contributed by atoms with van der Waals surface area (Å²) in [5.41, 5.74) is 5.21. The van der Waals surface area contributed by atoms with E-state index in [1.54, 1.807) is 0 Å². The zero-order chi connectivity index (χ0) is 8.53. The van der Waals surface area contributed by atoms with E-state index in [-0.39, 0.29) is 0 Å². The van der Waals surface area contributed by atoms with Gasteiger partial charge in [0, 0.05) is 6.42 Å². The first-order valence-electron chi connectivity index (χ1n) is 4.18. The molecular formula is C8H18N2S. The summed E-state index contributed by atoms with van der Waals surface area (Å²) in [6.45, 7) is 2.18. The van der Waals surface area contributed by atoms with Crippen LogP contribution in [-0.4, -0.2) is 17.3 Å². The van der Waals surface area contributed by atoms with Gasteiger partial charge >= 0.3 is 0 Å². The van der Waals surface area contributed by atoms with Crippen molar-refractivity contribution in [3.63, 3.8) is 0 Å². The number of unbranched alkanes of at least 4 members (excludes halogenated alkanes) is 2. The van der Waals surface area contributed by atoms with E-state index in [1.165, 1.54) is 24.3 Å². The van der Waals surface area contributed by atoms with Gasteiger partial charge in [-0.2, -0.15) is 11.8 Å². The van der Waals surface area contributed by atoms with Crippen LogP contribution in [0.2, 0.25) is 0 Å². The molecule has 0 aromatic heterocycles. The molecule has 0 aromatic carbocycles. The monoisotopic (exact) mass is 174 g/mol. The maximum Gasteiger partial charge on any atom is 0.0905 e. The molecule has 0 saturated carbocycles. The molecule has 0 aliphatic rings. The summed E-state index contributed by atoms with van der Waals surface area (Å²) in [4.78, 5) is 0. The number of rotatable bonds is 7. The summed E-state index contributed by atoms with van der Waals surface area (Å²) < 4.78 is 0. The first kappa shape index (κ1) is 10.8. The quantitative estimate of drug-likeness (QED) is 0.353. The maximum absolute atomic E-state index is 6.98. The minimum absolute atomic E-state index is 0.327. The molecule has 11 heavy (non-hydrogen) atoms. The summed E-state index contributed by atoms with van der Waals surface area (Å²) in [6, 6.07) is 0. The van der Waals surface area contributed by atoms with Crippen molar-refractivity contribution < 1.29 is 0 Å². The summed E-state index contributed by atoms with van der Waals surface area (Å²) in [5, 5.41) is 6.98. The van der Waals surface area contributed by atoms with Crippen molar-refractivity contribution in [2.24, 2.45) is 5.73 Å². The Morgan fingerprint density at radius 1 is 1.36 bits per heavy atom. The van der Waals surface area contributed by atoms with Crippen molar-refractivity contribution in [3.8, 4) is 0 Å². The van der Waals surface area contributed by atoms with Crippen molar-refractivity contribution in [2.45, 2.75) is 32.6 Å². The molecule has 0 unspecified atom stereocenters. The van der Waals surface area contributed by atoms with Crippen molar-refractivity contribution in [1.82, 2.24) is 0 Å². The Hall–Kier alpha value is -0.180. The topological polar surface area (TPSA) is 49.9 Å². The average Bonchev–Trinajstić information content (AvgIpc) is 1.96. The lowest BCUT2D eigenvalue weighted by atomic mass is 10.2. The Morgan fingerprint density at radius 3 is 2.64 bits per heavy atom. The lowest BCUT2D eigenvalue weighted by Crippen LogP contribution is -2.08. The van der Waals surface area contributed by atoms with Gasteiger partial charge < -0.3 is 5.73 Å². The van der Waals surface area contributed by atoms with Crippen LogP contribution in [0.4, 0.5) is 0 Å². The Balaban J connectivity index is 2.85. The van der Waals surface area contributed by atoms with Crippen molar-refractivity contribution in [2.75, 3.05) is 11.5 Å². The van der Waals surface area contributed by atoms with E-state index in [0.717, 1.165) is 12.8 Å². The zero-order valence-corrected chi connectivity index (χ0v) is 8.04. The third-order valence-electron chi connectivity index (χ3n) is 1.44. The Morgan fingerprint density at radius 2 is 2.09 bits per heavy atom. The second-order valence-corrected chi connectivity index (χ2v) is 3.93. The second kappa shape index (κ2) is 7.92. The van der Waals surface area contributed by atoms with Crippen molar-refractivity contribution in [1.29, 1.82) is 5.41 Å². The molecule has 0 saturated heterocycles. The molecule has 0 radical (unpaired) electrons. The van der Waals surface area contributed by atoms with Gasteiger partial charge in [0.1, 0.15) is 0 Å². The summed E-state index contributed by atoms with van der Waals surface area (Å²) >= 11 is 1.98. The summed E-state index contributed by atoms with van der Waals surface area (Å²) in [7, 11) is 0. The highest BCUT2D eigenvalue weighted by molar-refractivity contribution is 7.99. The molecule has 3 heteroatoms. The van der Waals surface area contributed by atoms with Crippen LogP contribution < -0.4 is 5.73 Å². The molecule has 2 nitrogen and oxygen atoms in total. The highest BCUT2D eigenvalue weighted by Crippen LogP contribution is 2.06. The molecule has 66 valence electrons. The molecular weight excluding hydrogens is 156 g/mol. The fourth-order valence-corrected chi connectivity index (χ4v) is 1.54. The van der Waals surface area contributed by atoms with Gasteiger partial charge in [0.25, 0.3) is 0 Å². The molecule has 0 aliphatic heterocycles. The van der Waals surface area contributed by atoms with Crippen molar-refractivity contribution >= 4 is 17.6 Å². The number of thioether (sulfide) groups is 1. The van der Waals surface area contributed by atoms with E-state index < -0.39 is 0 Å². The highest BCUT2D eigenvalue weighted by atomic mass is 32.2. The predicted molar refractivity (Wildman–Crippen MR) is 53.4 cm³/mol. The fourth-order valence-electron chi connectivity index (χ4n) is 0.841. The molecule has 0 bridgehead atoms. The van der Waals surface area contributed by atoms with Gasteiger partial charge in [0.15, 0.2) is 0 Å². The van der Waals surface area contributed by atoms with Crippen LogP contribution in [0.1, 0.15) is 32.6 Å². The fraction of sp³-hybridized carbons (Fsp3) is 0.875. The molecule has 0 aliphatic carbocycles. The first-order chi connectivity index (χ1) is 5.27. The standard InChI is InChI=1S/C8H18N2S/c1-2-11-7-5-3-4-6-8(9)10/h2-7H2,1H3,(H3,9,10). The molecule has 0 heterocycles. The van der Waals surface area contributed by atoms with Crippen LogP contribution in [0.15, 0.2) is 0 Å². The largest absolute Gasteiger partial charge is 0.388 e. The van der Waals surface area contributed by atoms with Crippen LogP contribution in [0.5, 0.6) is 0 Å². The normalized spacial score (nSPS) is 9.91. The van der Waals surface area contributed by atoms with Crippen LogP contribution in [-0.2, 0) is 0 Å². The number of nitrogens with two attached hydrogens (primary N) is 1. The summed E-state index contributed by atoms with van der Waals surface area (Å²) in [5.74, 6) is 2.80. The van der Waals surface area contributed by atoms with Gasteiger partial charge in [-0.05, 0) is 24.3 Å². The SMILES string of the molecule is CCSCCCCCC(=N)N. The molecule has 0 fully saturated rings. The highest BCUT2D eigenvalue weighted by Gasteiger charge is 1.91. The third-order valence-corrected chi connectivity index (χ3v) is 2.42. The van der Waals surface area contributed by atoms with Crippen LogP contribution in [0, 0.1) is 5.41 Å². The maximum atomic E-state index is 6.98. The number of amidine groups is 1. The number of nitrogens with one attached hydrogen (secondary N) is 1. The summed E-state index contributed by atoms with van der Waals surface area (Å²) in [6.07, 6.45) is 4.34. The van der Waals surface area contributed by atoms with Crippen LogP contribution >= 0.6 is 11.8 Å². The van der Waals surface area contributed by atoms with E-state index in [2.05, 4.69) is 6.92 Å². The van der Waals surface area contributed by atoms with Gasteiger partial charge in [0.05, 0.1) is 5.84 Å². The van der Waals surface area contributed by atoms with Gasteiger partial charge in [-0.25, -0.2) is 0 Å². The zero-order valence-electron chi connectivity index (χ0n) is 7.23. The predicted octanol–water partition coefficient (Wildman–Crippen LogP) is 2.24. The molecule has 0 atom stereocenters.